The summed E-state index contributed by atoms with van der Waals surface area (Å²) in [6.45, 7) is 4.07. The number of nitrogens with zero attached hydrogens (tertiary/aromatic N) is 3. The molecular formula is C19H23ClF3N3O4. The van der Waals surface area contributed by atoms with Crippen LogP contribution in [0.5, 0.6) is 5.75 Å². The fourth-order valence-corrected chi connectivity index (χ4v) is 3.18. The predicted octanol–water partition coefficient (Wildman–Crippen LogP) is 3.33. The highest BCUT2D eigenvalue weighted by Gasteiger charge is 2.38. The Morgan fingerprint density at radius 3 is 2.53 bits per heavy atom. The first-order valence-corrected chi connectivity index (χ1v) is 9.40. The van der Waals surface area contributed by atoms with Crippen molar-refractivity contribution >= 4 is 17.6 Å². The molecular weight excluding hydrogens is 427 g/mol. The van der Waals surface area contributed by atoms with Crippen molar-refractivity contribution in [1.82, 2.24) is 14.7 Å². The molecule has 0 spiro atoms. The molecule has 166 valence electrons. The number of carboxylic acids is 1. The van der Waals surface area contributed by atoms with Gasteiger partial charge in [-0.1, -0.05) is 11.6 Å². The van der Waals surface area contributed by atoms with E-state index < -0.39 is 12.1 Å². The molecule has 11 heteroatoms. The highest BCUT2D eigenvalue weighted by Crippen LogP contribution is 2.27. The number of aliphatic carboxylic acids is 1. The Morgan fingerprint density at radius 1 is 1.33 bits per heavy atom. The zero-order chi connectivity index (χ0) is 22.3. The first kappa shape index (κ1) is 24.0. The number of hydrogen-bond donors (Lipinski definition) is 1. The van der Waals surface area contributed by atoms with Crippen LogP contribution < -0.4 is 4.74 Å². The Morgan fingerprint density at radius 2 is 1.97 bits per heavy atom. The van der Waals surface area contributed by atoms with Crippen LogP contribution in [0.2, 0.25) is 5.02 Å². The van der Waals surface area contributed by atoms with Gasteiger partial charge in [0.15, 0.2) is 0 Å². The summed E-state index contributed by atoms with van der Waals surface area (Å²) in [6.07, 6.45) is -2.98. The van der Waals surface area contributed by atoms with Crippen LogP contribution in [0.15, 0.2) is 30.5 Å². The van der Waals surface area contributed by atoms with E-state index in [1.165, 1.54) is 11.3 Å². The van der Waals surface area contributed by atoms with Gasteiger partial charge in [-0.2, -0.15) is 18.3 Å². The van der Waals surface area contributed by atoms with Crippen molar-refractivity contribution in [3.8, 4) is 5.75 Å². The summed E-state index contributed by atoms with van der Waals surface area (Å²) in [5, 5.41) is 12.4. The maximum absolute atomic E-state index is 10.6. The number of halogens is 4. The molecule has 3 rings (SSSR count). The third kappa shape index (κ3) is 7.19. The normalized spacial score (nSPS) is 16.4. The number of rotatable bonds is 6. The van der Waals surface area contributed by atoms with E-state index in [9.17, 15) is 13.2 Å². The molecule has 0 saturated heterocycles. The maximum Gasteiger partial charge on any atom is 0.490 e. The summed E-state index contributed by atoms with van der Waals surface area (Å²) in [7, 11) is 3.71. The van der Waals surface area contributed by atoms with Crippen LogP contribution in [-0.2, 0) is 23.1 Å². The summed E-state index contributed by atoms with van der Waals surface area (Å²) < 4.78 is 44.8. The van der Waals surface area contributed by atoms with Gasteiger partial charge in [-0.3, -0.25) is 9.58 Å². The number of alkyl halides is 3. The smallest absolute Gasteiger partial charge is 0.490 e. The van der Waals surface area contributed by atoms with E-state index in [-0.39, 0.29) is 0 Å². The second-order valence-electron chi connectivity index (χ2n) is 6.71. The molecule has 1 aliphatic heterocycles. The van der Waals surface area contributed by atoms with Crippen molar-refractivity contribution < 1.29 is 32.5 Å². The van der Waals surface area contributed by atoms with Gasteiger partial charge in [0.1, 0.15) is 12.4 Å². The highest BCUT2D eigenvalue weighted by atomic mass is 35.5. The lowest BCUT2D eigenvalue weighted by Crippen LogP contribution is -2.37. The molecule has 2 heterocycles. The van der Waals surface area contributed by atoms with E-state index in [0.29, 0.717) is 19.1 Å². The summed E-state index contributed by atoms with van der Waals surface area (Å²) in [6, 6.07) is 7.47. The quantitative estimate of drug-likeness (QED) is 0.729. The Hall–Kier alpha value is -2.30. The second kappa shape index (κ2) is 10.6. The SMILES string of the molecule is COCC1CN(CCOc2ccc(Cl)cc2)Cc2cn(C)nc21.O=C(O)C(F)(F)F. The van der Waals surface area contributed by atoms with Gasteiger partial charge in [0, 0.05) is 56.5 Å². The third-order valence-corrected chi connectivity index (χ3v) is 4.55. The van der Waals surface area contributed by atoms with E-state index >= 15 is 0 Å². The second-order valence-corrected chi connectivity index (χ2v) is 7.14. The first-order valence-electron chi connectivity index (χ1n) is 9.02. The zero-order valence-corrected chi connectivity index (χ0v) is 17.3. The van der Waals surface area contributed by atoms with Crippen LogP contribution >= 0.6 is 11.6 Å². The molecule has 1 unspecified atom stereocenters. The van der Waals surface area contributed by atoms with Crippen LogP contribution in [-0.4, -0.2) is 65.3 Å². The fourth-order valence-electron chi connectivity index (χ4n) is 3.05. The molecule has 0 fully saturated rings. The van der Waals surface area contributed by atoms with Crippen molar-refractivity contribution in [2.75, 3.05) is 33.4 Å². The van der Waals surface area contributed by atoms with Gasteiger partial charge in [-0.15, -0.1) is 0 Å². The van der Waals surface area contributed by atoms with Crippen molar-refractivity contribution in [3.05, 3.63) is 46.7 Å². The molecule has 2 aromatic rings. The number of carbonyl (C=O) groups is 1. The van der Waals surface area contributed by atoms with Gasteiger partial charge in [-0.25, -0.2) is 4.79 Å². The topological polar surface area (TPSA) is 76.8 Å². The summed E-state index contributed by atoms with van der Waals surface area (Å²) >= 11 is 5.88. The minimum atomic E-state index is -5.08. The van der Waals surface area contributed by atoms with Crippen LogP contribution in [0.25, 0.3) is 0 Å². The van der Waals surface area contributed by atoms with E-state index in [1.54, 1.807) is 7.11 Å². The van der Waals surface area contributed by atoms with Gasteiger partial charge in [0.2, 0.25) is 0 Å². The van der Waals surface area contributed by atoms with Gasteiger partial charge in [-0.05, 0) is 24.3 Å². The number of methoxy groups -OCH3 is 1. The van der Waals surface area contributed by atoms with Crippen LogP contribution in [0.3, 0.4) is 0 Å². The molecule has 1 aromatic carbocycles. The van der Waals surface area contributed by atoms with Crippen molar-refractivity contribution in [3.63, 3.8) is 0 Å². The molecule has 1 atom stereocenters. The van der Waals surface area contributed by atoms with E-state index in [1.807, 2.05) is 36.0 Å². The van der Waals surface area contributed by atoms with Crippen LogP contribution in [0.1, 0.15) is 17.2 Å². The molecule has 0 aliphatic carbocycles. The number of fused-ring (bicyclic) bond motifs is 1. The minimum absolute atomic E-state index is 0.320. The monoisotopic (exact) mass is 449 g/mol. The van der Waals surface area contributed by atoms with E-state index in [4.69, 9.17) is 31.0 Å². The number of ether oxygens (including phenoxy) is 2. The number of hydrogen-bond acceptors (Lipinski definition) is 5. The standard InChI is InChI=1S/C17H22ClN3O2.C2HF3O2/c1-20-9-13-10-21(11-14(12-22-2)17(13)19-20)7-8-23-16-5-3-15(18)4-6-16;3-2(4,5)1(6)7/h3-6,9,14H,7-8,10-12H2,1-2H3;(H,6,7). The maximum atomic E-state index is 10.6. The Kier molecular flexibility index (Phi) is 8.51. The Balaban J connectivity index is 0.000000396. The fraction of sp³-hybridized carbons (Fsp3) is 0.474. The lowest BCUT2D eigenvalue weighted by Gasteiger charge is -2.31. The molecule has 0 bridgehead atoms. The molecule has 7 nitrogen and oxygen atoms in total. The van der Waals surface area contributed by atoms with Gasteiger partial charge >= 0.3 is 12.1 Å². The van der Waals surface area contributed by atoms with Gasteiger partial charge in [0.25, 0.3) is 0 Å². The first-order chi connectivity index (χ1) is 14.1. The Labute approximate surface area is 176 Å². The molecule has 1 N–H and O–H groups in total. The molecule has 0 amide bonds. The van der Waals surface area contributed by atoms with Crippen LogP contribution in [0, 0.1) is 0 Å². The van der Waals surface area contributed by atoms with E-state index in [2.05, 4.69) is 16.2 Å². The summed E-state index contributed by atoms with van der Waals surface area (Å²) in [5.41, 5.74) is 2.46. The summed E-state index contributed by atoms with van der Waals surface area (Å²) in [5.74, 6) is -1.59. The molecule has 30 heavy (non-hydrogen) atoms. The van der Waals surface area contributed by atoms with Crippen molar-refractivity contribution in [2.24, 2.45) is 7.05 Å². The number of carboxylic acid groups (broad SMARTS) is 1. The lowest BCUT2D eigenvalue weighted by molar-refractivity contribution is -0.192. The molecule has 0 radical (unpaired) electrons. The number of aromatic nitrogens is 2. The van der Waals surface area contributed by atoms with Crippen molar-refractivity contribution in [2.45, 2.75) is 18.6 Å². The van der Waals surface area contributed by atoms with Crippen molar-refractivity contribution in [1.29, 1.82) is 0 Å². The number of aryl methyl sites for hydroxylation is 1. The Bertz CT molecular complexity index is 827. The van der Waals surface area contributed by atoms with E-state index in [0.717, 1.165) is 30.4 Å². The molecule has 0 saturated carbocycles. The largest absolute Gasteiger partial charge is 0.492 e. The average molecular weight is 450 g/mol. The van der Waals surface area contributed by atoms with Gasteiger partial charge in [0.05, 0.1) is 12.3 Å². The minimum Gasteiger partial charge on any atom is -0.492 e. The van der Waals surface area contributed by atoms with Gasteiger partial charge < -0.3 is 14.6 Å². The van der Waals surface area contributed by atoms with Crippen LogP contribution in [0.4, 0.5) is 13.2 Å². The lowest BCUT2D eigenvalue weighted by atomic mass is 9.97. The molecule has 1 aromatic heterocycles. The zero-order valence-electron chi connectivity index (χ0n) is 16.5. The average Bonchev–Trinajstić information content (AvgIpc) is 3.04. The number of benzene rings is 1. The summed E-state index contributed by atoms with van der Waals surface area (Å²) in [4.78, 5) is 11.3. The highest BCUT2D eigenvalue weighted by molar-refractivity contribution is 6.30. The molecule has 1 aliphatic rings. The predicted molar refractivity (Wildman–Crippen MR) is 104 cm³/mol. The third-order valence-electron chi connectivity index (χ3n) is 4.30.